The highest BCUT2D eigenvalue weighted by molar-refractivity contribution is 5.20. The summed E-state index contributed by atoms with van der Waals surface area (Å²) < 4.78 is 5.65. The van der Waals surface area contributed by atoms with Crippen molar-refractivity contribution in [2.24, 2.45) is 5.73 Å². The topological polar surface area (TPSA) is 42.4 Å². The number of nitrogens with two attached hydrogens (primary N) is 1. The summed E-state index contributed by atoms with van der Waals surface area (Å²) in [5, 5.41) is 0. The molecule has 0 aromatic carbocycles. The molecule has 1 atom stereocenters. The minimum absolute atomic E-state index is 0.0617. The Kier molecular flexibility index (Phi) is 2.16. The molecule has 2 N–H and O–H groups in total. The van der Waals surface area contributed by atoms with Gasteiger partial charge in [-0.2, -0.15) is 0 Å². The van der Waals surface area contributed by atoms with Gasteiger partial charge in [-0.3, -0.25) is 4.90 Å². The van der Waals surface area contributed by atoms with Gasteiger partial charge in [-0.1, -0.05) is 0 Å². The van der Waals surface area contributed by atoms with Crippen molar-refractivity contribution >= 4 is 0 Å². The maximum atomic E-state index is 6.23. The third-order valence-corrected chi connectivity index (χ3v) is 2.92. The summed E-state index contributed by atoms with van der Waals surface area (Å²) in [5.41, 5.74) is 6.17. The lowest BCUT2D eigenvalue weighted by atomic mass is 10.0. The van der Waals surface area contributed by atoms with Gasteiger partial charge in [0.05, 0.1) is 6.04 Å². The third kappa shape index (κ3) is 1.57. The number of furan rings is 1. The Balaban J connectivity index is 2.27. The van der Waals surface area contributed by atoms with Crippen LogP contribution in [0.1, 0.15) is 30.4 Å². The summed E-state index contributed by atoms with van der Waals surface area (Å²) >= 11 is 0. The van der Waals surface area contributed by atoms with Crippen LogP contribution in [0.2, 0.25) is 0 Å². The zero-order valence-corrected chi connectivity index (χ0v) is 9.08. The van der Waals surface area contributed by atoms with E-state index in [1.165, 1.54) is 0 Å². The largest absolute Gasteiger partial charge is 0.465 e. The first kappa shape index (κ1) is 9.74. The molecule has 0 saturated heterocycles. The molecule has 78 valence electrons. The van der Waals surface area contributed by atoms with E-state index in [0.29, 0.717) is 0 Å². The molecule has 1 aliphatic rings. The van der Waals surface area contributed by atoms with Crippen molar-refractivity contribution in [2.45, 2.75) is 31.3 Å². The van der Waals surface area contributed by atoms with Crippen molar-refractivity contribution in [3.63, 3.8) is 0 Å². The molecule has 14 heavy (non-hydrogen) atoms. The van der Waals surface area contributed by atoms with Crippen molar-refractivity contribution in [3.8, 4) is 0 Å². The van der Waals surface area contributed by atoms with Crippen LogP contribution in [0.25, 0.3) is 0 Å². The average molecular weight is 194 g/mol. The van der Waals surface area contributed by atoms with E-state index in [4.69, 9.17) is 10.2 Å². The molecule has 0 aliphatic heterocycles. The molecule has 2 rings (SSSR count). The van der Waals surface area contributed by atoms with Gasteiger partial charge in [-0.15, -0.1) is 0 Å². The van der Waals surface area contributed by atoms with Crippen LogP contribution >= 0.6 is 0 Å². The Morgan fingerprint density at radius 2 is 2.07 bits per heavy atom. The van der Waals surface area contributed by atoms with Gasteiger partial charge in [0.15, 0.2) is 0 Å². The fourth-order valence-corrected chi connectivity index (χ4v) is 2.07. The second-order valence-electron chi connectivity index (χ2n) is 4.55. The van der Waals surface area contributed by atoms with Crippen LogP contribution in [0.15, 0.2) is 16.5 Å². The first-order valence-electron chi connectivity index (χ1n) is 5.04. The lowest BCUT2D eigenvalue weighted by Crippen LogP contribution is -2.39. The van der Waals surface area contributed by atoms with E-state index in [-0.39, 0.29) is 11.6 Å². The van der Waals surface area contributed by atoms with Gasteiger partial charge in [-0.25, -0.2) is 0 Å². The number of rotatable bonds is 3. The maximum Gasteiger partial charge on any atom is 0.123 e. The Labute approximate surface area is 84.9 Å². The SMILES string of the molecule is Cc1ccc(C(N(C)C)C2(N)CC2)o1. The molecule has 1 saturated carbocycles. The fourth-order valence-electron chi connectivity index (χ4n) is 2.07. The van der Waals surface area contributed by atoms with E-state index in [1.54, 1.807) is 0 Å². The fraction of sp³-hybridized carbons (Fsp3) is 0.636. The van der Waals surface area contributed by atoms with Gasteiger partial charge in [0.1, 0.15) is 11.5 Å². The van der Waals surface area contributed by atoms with Gasteiger partial charge in [0, 0.05) is 5.54 Å². The van der Waals surface area contributed by atoms with Gasteiger partial charge in [0.2, 0.25) is 0 Å². The molecule has 1 fully saturated rings. The van der Waals surface area contributed by atoms with E-state index < -0.39 is 0 Å². The monoisotopic (exact) mass is 194 g/mol. The molecule has 1 unspecified atom stereocenters. The molecule has 1 aromatic heterocycles. The second kappa shape index (κ2) is 3.11. The number of likely N-dealkylation sites (N-methyl/N-ethyl adjacent to an activating group) is 1. The summed E-state index contributed by atoms with van der Waals surface area (Å²) in [4.78, 5) is 2.14. The molecule has 0 spiro atoms. The van der Waals surface area contributed by atoms with Crippen molar-refractivity contribution in [1.82, 2.24) is 4.90 Å². The number of aryl methyl sites for hydroxylation is 1. The van der Waals surface area contributed by atoms with E-state index in [1.807, 2.05) is 19.1 Å². The highest BCUT2D eigenvalue weighted by Crippen LogP contribution is 2.46. The summed E-state index contributed by atoms with van der Waals surface area (Å²) in [5.74, 6) is 1.95. The molecule has 1 aliphatic carbocycles. The van der Waals surface area contributed by atoms with Crippen LogP contribution in [0.4, 0.5) is 0 Å². The van der Waals surface area contributed by atoms with E-state index in [9.17, 15) is 0 Å². The van der Waals surface area contributed by atoms with E-state index >= 15 is 0 Å². The number of hydrogen-bond acceptors (Lipinski definition) is 3. The maximum absolute atomic E-state index is 6.23. The van der Waals surface area contributed by atoms with Crippen molar-refractivity contribution < 1.29 is 4.42 Å². The third-order valence-electron chi connectivity index (χ3n) is 2.92. The van der Waals surface area contributed by atoms with Crippen LogP contribution in [0, 0.1) is 6.92 Å². The predicted octanol–water partition coefficient (Wildman–Crippen LogP) is 1.68. The van der Waals surface area contributed by atoms with Crippen LogP contribution in [0.5, 0.6) is 0 Å². The van der Waals surface area contributed by atoms with Crippen LogP contribution in [-0.2, 0) is 0 Å². The van der Waals surface area contributed by atoms with Crippen LogP contribution in [-0.4, -0.2) is 24.5 Å². The first-order valence-corrected chi connectivity index (χ1v) is 5.04. The van der Waals surface area contributed by atoms with Gasteiger partial charge in [-0.05, 0) is 46.0 Å². The average Bonchev–Trinajstić information content (AvgIpc) is 2.65. The Morgan fingerprint density at radius 3 is 2.43 bits per heavy atom. The minimum Gasteiger partial charge on any atom is -0.465 e. The van der Waals surface area contributed by atoms with Crippen molar-refractivity contribution in [2.75, 3.05) is 14.1 Å². The zero-order chi connectivity index (χ0) is 10.3. The molecule has 3 heteroatoms. The zero-order valence-electron chi connectivity index (χ0n) is 9.08. The van der Waals surface area contributed by atoms with E-state index in [0.717, 1.165) is 24.4 Å². The lowest BCUT2D eigenvalue weighted by molar-refractivity contribution is 0.210. The smallest absolute Gasteiger partial charge is 0.123 e. The first-order chi connectivity index (χ1) is 6.53. The van der Waals surface area contributed by atoms with Gasteiger partial charge < -0.3 is 10.2 Å². The number of nitrogens with zero attached hydrogens (tertiary/aromatic N) is 1. The Bertz CT molecular complexity index is 326. The van der Waals surface area contributed by atoms with Crippen molar-refractivity contribution in [1.29, 1.82) is 0 Å². The molecule has 0 bridgehead atoms. The quantitative estimate of drug-likeness (QED) is 0.796. The Morgan fingerprint density at radius 1 is 1.43 bits per heavy atom. The molecule has 0 amide bonds. The molecule has 1 heterocycles. The number of hydrogen-bond donors (Lipinski definition) is 1. The van der Waals surface area contributed by atoms with Crippen LogP contribution < -0.4 is 5.73 Å². The van der Waals surface area contributed by atoms with E-state index in [2.05, 4.69) is 19.0 Å². The standard InChI is InChI=1S/C11H18N2O/c1-8-4-5-9(14-8)10(13(2)3)11(12)6-7-11/h4-5,10H,6-7,12H2,1-3H3. The molecule has 3 nitrogen and oxygen atoms in total. The van der Waals surface area contributed by atoms with Crippen molar-refractivity contribution in [3.05, 3.63) is 23.7 Å². The highest BCUT2D eigenvalue weighted by atomic mass is 16.3. The second-order valence-corrected chi connectivity index (χ2v) is 4.55. The van der Waals surface area contributed by atoms with Crippen LogP contribution in [0.3, 0.4) is 0 Å². The molecular weight excluding hydrogens is 176 g/mol. The summed E-state index contributed by atoms with van der Waals surface area (Å²) in [7, 11) is 4.10. The Hall–Kier alpha value is -0.800. The summed E-state index contributed by atoms with van der Waals surface area (Å²) in [6.07, 6.45) is 2.19. The highest BCUT2D eigenvalue weighted by Gasteiger charge is 2.48. The molecular formula is C11H18N2O. The lowest BCUT2D eigenvalue weighted by Gasteiger charge is -2.28. The molecule has 1 aromatic rings. The summed E-state index contributed by atoms with van der Waals surface area (Å²) in [6, 6.07) is 4.25. The van der Waals surface area contributed by atoms with Gasteiger partial charge in [0.25, 0.3) is 0 Å². The minimum atomic E-state index is -0.0617. The predicted molar refractivity (Wildman–Crippen MR) is 56.0 cm³/mol. The van der Waals surface area contributed by atoms with Gasteiger partial charge >= 0.3 is 0 Å². The molecule has 0 radical (unpaired) electrons. The normalized spacial score (nSPS) is 21.2. The summed E-state index contributed by atoms with van der Waals surface area (Å²) in [6.45, 7) is 1.96.